The molecular formula is C16H29N3O. The fraction of sp³-hybridized carbons (Fsp3) is 0.938. The van der Waals surface area contributed by atoms with Gasteiger partial charge in [-0.3, -0.25) is 9.69 Å². The monoisotopic (exact) mass is 279 g/mol. The van der Waals surface area contributed by atoms with Crippen molar-refractivity contribution in [2.75, 3.05) is 13.1 Å². The zero-order valence-corrected chi connectivity index (χ0v) is 12.5. The molecule has 1 saturated carbocycles. The molecule has 1 aliphatic carbocycles. The van der Waals surface area contributed by atoms with Crippen LogP contribution >= 0.6 is 0 Å². The summed E-state index contributed by atoms with van der Waals surface area (Å²) in [6.07, 6.45) is 10.3. The number of amides is 1. The summed E-state index contributed by atoms with van der Waals surface area (Å²) >= 11 is 0. The number of carbonyl (C=O) groups excluding carboxylic acids is 1. The Morgan fingerprint density at radius 3 is 2.85 bits per heavy atom. The van der Waals surface area contributed by atoms with E-state index in [1.165, 1.54) is 45.2 Å². The SMILES string of the molecule is NC1CCCC(CC(=O)NC2CCN3CCCCC23)C1. The van der Waals surface area contributed by atoms with Crippen molar-refractivity contribution < 1.29 is 4.79 Å². The average molecular weight is 279 g/mol. The first-order chi connectivity index (χ1) is 9.72. The number of fused-ring (bicyclic) bond motifs is 1. The molecule has 3 fully saturated rings. The number of nitrogens with zero attached hydrogens (tertiary/aromatic N) is 1. The van der Waals surface area contributed by atoms with Gasteiger partial charge >= 0.3 is 0 Å². The number of carbonyl (C=O) groups is 1. The molecule has 3 rings (SSSR count). The molecule has 0 aromatic heterocycles. The van der Waals surface area contributed by atoms with E-state index in [2.05, 4.69) is 10.2 Å². The van der Waals surface area contributed by atoms with Crippen LogP contribution in [0.15, 0.2) is 0 Å². The highest BCUT2D eigenvalue weighted by atomic mass is 16.1. The van der Waals surface area contributed by atoms with Crippen LogP contribution < -0.4 is 11.1 Å². The lowest BCUT2D eigenvalue weighted by Gasteiger charge is -2.33. The van der Waals surface area contributed by atoms with E-state index >= 15 is 0 Å². The van der Waals surface area contributed by atoms with Gasteiger partial charge in [-0.25, -0.2) is 0 Å². The van der Waals surface area contributed by atoms with Gasteiger partial charge in [0, 0.05) is 31.1 Å². The summed E-state index contributed by atoms with van der Waals surface area (Å²) < 4.78 is 0. The van der Waals surface area contributed by atoms with E-state index in [1.807, 2.05) is 0 Å². The minimum atomic E-state index is 0.265. The lowest BCUT2D eigenvalue weighted by Crippen LogP contribution is -2.47. The van der Waals surface area contributed by atoms with Crippen LogP contribution in [0.3, 0.4) is 0 Å². The van der Waals surface area contributed by atoms with E-state index in [0.717, 1.165) is 19.3 Å². The third kappa shape index (κ3) is 3.34. The lowest BCUT2D eigenvalue weighted by molar-refractivity contribution is -0.123. The summed E-state index contributed by atoms with van der Waals surface area (Å²) in [6, 6.07) is 1.34. The van der Waals surface area contributed by atoms with Crippen LogP contribution in [-0.4, -0.2) is 42.0 Å². The van der Waals surface area contributed by atoms with Crippen molar-refractivity contribution in [2.24, 2.45) is 11.7 Å². The van der Waals surface area contributed by atoms with E-state index < -0.39 is 0 Å². The van der Waals surface area contributed by atoms with Crippen LogP contribution in [0.5, 0.6) is 0 Å². The van der Waals surface area contributed by atoms with Crippen molar-refractivity contribution >= 4 is 5.91 Å². The Morgan fingerprint density at radius 1 is 1.10 bits per heavy atom. The van der Waals surface area contributed by atoms with Gasteiger partial charge in [-0.15, -0.1) is 0 Å². The van der Waals surface area contributed by atoms with Gasteiger partial charge in [-0.05, 0) is 51.0 Å². The maximum absolute atomic E-state index is 12.3. The highest BCUT2D eigenvalue weighted by Crippen LogP contribution is 2.28. The summed E-state index contributed by atoms with van der Waals surface area (Å²) in [7, 11) is 0. The molecule has 2 saturated heterocycles. The Hall–Kier alpha value is -0.610. The van der Waals surface area contributed by atoms with Crippen LogP contribution in [0.25, 0.3) is 0 Å². The van der Waals surface area contributed by atoms with Crippen LogP contribution in [0, 0.1) is 5.92 Å². The largest absolute Gasteiger partial charge is 0.352 e. The number of nitrogens with two attached hydrogens (primary N) is 1. The summed E-state index contributed by atoms with van der Waals surface area (Å²) in [5.74, 6) is 0.782. The predicted molar refractivity (Wildman–Crippen MR) is 80.3 cm³/mol. The van der Waals surface area contributed by atoms with Gasteiger partial charge in [0.2, 0.25) is 5.91 Å². The summed E-state index contributed by atoms with van der Waals surface area (Å²) in [5, 5.41) is 3.32. The Bertz CT molecular complexity index is 347. The fourth-order valence-electron chi connectivity index (χ4n) is 4.46. The van der Waals surface area contributed by atoms with Crippen molar-refractivity contribution in [1.82, 2.24) is 10.2 Å². The molecule has 114 valence electrons. The van der Waals surface area contributed by atoms with Gasteiger partial charge in [-0.1, -0.05) is 12.8 Å². The summed E-state index contributed by atoms with van der Waals surface area (Å²) in [6.45, 7) is 2.40. The number of rotatable bonds is 3. The molecule has 4 unspecified atom stereocenters. The first-order valence-electron chi connectivity index (χ1n) is 8.51. The van der Waals surface area contributed by atoms with Gasteiger partial charge in [0.15, 0.2) is 0 Å². The topological polar surface area (TPSA) is 58.4 Å². The van der Waals surface area contributed by atoms with E-state index in [9.17, 15) is 4.79 Å². The zero-order valence-electron chi connectivity index (χ0n) is 12.5. The molecule has 0 aromatic rings. The van der Waals surface area contributed by atoms with E-state index in [0.29, 0.717) is 30.5 Å². The quantitative estimate of drug-likeness (QED) is 0.825. The second-order valence-corrected chi connectivity index (χ2v) is 7.06. The molecule has 4 nitrogen and oxygen atoms in total. The Balaban J connectivity index is 1.46. The standard InChI is InChI=1S/C16H29N3O/c17-13-5-3-4-12(10-13)11-16(20)18-14-7-9-19-8-2-1-6-15(14)19/h12-15H,1-11,17H2,(H,18,20). The van der Waals surface area contributed by atoms with Crippen molar-refractivity contribution in [3.8, 4) is 0 Å². The molecule has 2 aliphatic heterocycles. The van der Waals surface area contributed by atoms with Crippen LogP contribution in [0.2, 0.25) is 0 Å². The van der Waals surface area contributed by atoms with Gasteiger partial charge in [0.05, 0.1) is 0 Å². The molecule has 4 atom stereocenters. The Labute approximate surface area is 122 Å². The number of hydrogen-bond acceptors (Lipinski definition) is 3. The van der Waals surface area contributed by atoms with E-state index in [1.54, 1.807) is 0 Å². The maximum Gasteiger partial charge on any atom is 0.220 e. The predicted octanol–water partition coefficient (Wildman–Crippen LogP) is 1.64. The number of piperidine rings is 1. The van der Waals surface area contributed by atoms with E-state index in [-0.39, 0.29) is 5.91 Å². The normalized spacial score (nSPS) is 38.5. The molecule has 2 heterocycles. The fourth-order valence-corrected chi connectivity index (χ4v) is 4.46. The number of nitrogens with one attached hydrogen (secondary N) is 1. The summed E-state index contributed by atoms with van der Waals surface area (Å²) in [4.78, 5) is 14.9. The van der Waals surface area contributed by atoms with Crippen molar-refractivity contribution in [3.05, 3.63) is 0 Å². The maximum atomic E-state index is 12.3. The molecule has 0 radical (unpaired) electrons. The highest BCUT2D eigenvalue weighted by Gasteiger charge is 2.36. The third-order valence-corrected chi connectivity index (χ3v) is 5.50. The molecule has 0 bridgehead atoms. The number of hydrogen-bond donors (Lipinski definition) is 2. The molecule has 20 heavy (non-hydrogen) atoms. The zero-order chi connectivity index (χ0) is 13.9. The lowest BCUT2D eigenvalue weighted by atomic mass is 9.84. The molecule has 3 N–H and O–H groups in total. The Morgan fingerprint density at radius 2 is 2.00 bits per heavy atom. The molecule has 0 aromatic carbocycles. The van der Waals surface area contributed by atoms with Crippen LogP contribution in [0.4, 0.5) is 0 Å². The van der Waals surface area contributed by atoms with Crippen LogP contribution in [0.1, 0.15) is 57.8 Å². The third-order valence-electron chi connectivity index (χ3n) is 5.50. The van der Waals surface area contributed by atoms with Crippen molar-refractivity contribution in [2.45, 2.75) is 75.9 Å². The van der Waals surface area contributed by atoms with E-state index in [4.69, 9.17) is 5.73 Å². The first-order valence-corrected chi connectivity index (χ1v) is 8.51. The molecule has 0 spiro atoms. The second kappa shape index (κ2) is 6.44. The smallest absolute Gasteiger partial charge is 0.220 e. The average Bonchev–Trinajstić information content (AvgIpc) is 2.82. The molecular weight excluding hydrogens is 250 g/mol. The molecule has 3 aliphatic rings. The second-order valence-electron chi connectivity index (χ2n) is 7.06. The van der Waals surface area contributed by atoms with Crippen LogP contribution in [-0.2, 0) is 4.79 Å². The Kier molecular flexibility index (Phi) is 4.61. The van der Waals surface area contributed by atoms with Gasteiger partial charge in [0.1, 0.15) is 0 Å². The highest BCUT2D eigenvalue weighted by molar-refractivity contribution is 5.76. The van der Waals surface area contributed by atoms with Crippen molar-refractivity contribution in [1.29, 1.82) is 0 Å². The van der Waals surface area contributed by atoms with Gasteiger partial charge < -0.3 is 11.1 Å². The minimum Gasteiger partial charge on any atom is -0.352 e. The van der Waals surface area contributed by atoms with Crippen molar-refractivity contribution in [3.63, 3.8) is 0 Å². The summed E-state index contributed by atoms with van der Waals surface area (Å²) in [5.41, 5.74) is 6.01. The minimum absolute atomic E-state index is 0.265. The van der Waals surface area contributed by atoms with Gasteiger partial charge in [-0.2, -0.15) is 0 Å². The first kappa shape index (κ1) is 14.3. The van der Waals surface area contributed by atoms with Gasteiger partial charge in [0.25, 0.3) is 0 Å². The molecule has 1 amide bonds. The molecule has 4 heteroatoms.